The van der Waals surface area contributed by atoms with Crippen molar-refractivity contribution in [1.82, 2.24) is 15.0 Å². The average molecular weight is 255 g/mol. The predicted molar refractivity (Wildman–Crippen MR) is 66.4 cm³/mol. The van der Waals surface area contributed by atoms with E-state index >= 15 is 0 Å². The Morgan fingerprint density at radius 1 is 1.44 bits per heavy atom. The average Bonchev–Trinajstić information content (AvgIpc) is 2.69. The minimum atomic E-state index is -0.406. The Bertz CT molecular complexity index is 388. The Hall–Kier alpha value is -1.43. The molecule has 0 aliphatic rings. The van der Waals surface area contributed by atoms with Gasteiger partial charge < -0.3 is 9.47 Å². The third kappa shape index (κ3) is 3.80. The molecule has 6 heteroatoms. The van der Waals surface area contributed by atoms with Gasteiger partial charge in [0.25, 0.3) is 0 Å². The molecule has 0 fully saturated rings. The van der Waals surface area contributed by atoms with Crippen LogP contribution in [0.25, 0.3) is 0 Å². The summed E-state index contributed by atoms with van der Waals surface area (Å²) in [6, 6.07) is 0. The number of rotatable bonds is 7. The van der Waals surface area contributed by atoms with Crippen molar-refractivity contribution in [3.63, 3.8) is 0 Å². The maximum absolute atomic E-state index is 11.8. The van der Waals surface area contributed by atoms with Crippen LogP contribution in [0.3, 0.4) is 0 Å². The first-order valence-electron chi connectivity index (χ1n) is 6.18. The summed E-state index contributed by atoms with van der Waals surface area (Å²) < 4.78 is 11.7. The van der Waals surface area contributed by atoms with Crippen molar-refractivity contribution in [2.75, 3.05) is 20.3 Å². The third-order valence-corrected chi connectivity index (χ3v) is 2.42. The summed E-state index contributed by atoms with van der Waals surface area (Å²) in [7, 11) is 1.63. The van der Waals surface area contributed by atoms with Crippen LogP contribution in [0.1, 0.15) is 37.0 Å². The van der Waals surface area contributed by atoms with Crippen LogP contribution in [0.4, 0.5) is 0 Å². The zero-order chi connectivity index (χ0) is 13.5. The monoisotopic (exact) mass is 255 g/mol. The first kappa shape index (κ1) is 14.6. The lowest BCUT2D eigenvalue weighted by Gasteiger charge is -2.09. The van der Waals surface area contributed by atoms with Gasteiger partial charge in [0.1, 0.15) is 0 Å². The van der Waals surface area contributed by atoms with E-state index in [1.807, 2.05) is 0 Å². The summed E-state index contributed by atoms with van der Waals surface area (Å²) in [4.78, 5) is 11.8. The summed E-state index contributed by atoms with van der Waals surface area (Å²) in [6.45, 7) is 7.41. The van der Waals surface area contributed by atoms with Crippen molar-refractivity contribution < 1.29 is 14.3 Å². The number of hydrogen-bond acceptors (Lipinski definition) is 5. The summed E-state index contributed by atoms with van der Waals surface area (Å²) in [5, 5.41) is 7.92. The van der Waals surface area contributed by atoms with Crippen LogP contribution in [0.15, 0.2) is 0 Å². The molecular weight excluding hydrogens is 234 g/mol. The molecule has 6 nitrogen and oxygen atoms in total. The largest absolute Gasteiger partial charge is 0.461 e. The number of ether oxygens (including phenoxy) is 2. The van der Waals surface area contributed by atoms with E-state index < -0.39 is 5.97 Å². The fourth-order valence-electron chi connectivity index (χ4n) is 1.64. The van der Waals surface area contributed by atoms with Gasteiger partial charge in [-0.05, 0) is 19.3 Å². The van der Waals surface area contributed by atoms with Gasteiger partial charge in [0, 0.05) is 7.11 Å². The predicted octanol–water partition coefficient (Wildman–Crippen LogP) is 1.30. The first-order valence-corrected chi connectivity index (χ1v) is 6.18. The summed E-state index contributed by atoms with van der Waals surface area (Å²) >= 11 is 0. The van der Waals surface area contributed by atoms with Crippen LogP contribution < -0.4 is 0 Å². The number of methoxy groups -OCH3 is 1. The summed E-state index contributed by atoms with van der Waals surface area (Å²) in [5.41, 5.74) is 1.14. The van der Waals surface area contributed by atoms with Crippen molar-refractivity contribution in [2.45, 2.75) is 33.7 Å². The molecule has 1 heterocycles. The minimum absolute atomic E-state index is 0.321. The minimum Gasteiger partial charge on any atom is -0.461 e. The van der Waals surface area contributed by atoms with E-state index in [1.54, 1.807) is 18.7 Å². The van der Waals surface area contributed by atoms with Gasteiger partial charge in [-0.25, -0.2) is 9.48 Å². The number of nitrogens with zero attached hydrogens (tertiary/aromatic N) is 3. The van der Waals surface area contributed by atoms with Crippen LogP contribution in [0, 0.1) is 5.92 Å². The van der Waals surface area contributed by atoms with Crippen molar-refractivity contribution >= 4 is 5.97 Å². The van der Waals surface area contributed by atoms with E-state index in [0.29, 0.717) is 31.4 Å². The van der Waals surface area contributed by atoms with Gasteiger partial charge in [0.15, 0.2) is 5.69 Å². The lowest BCUT2D eigenvalue weighted by Crippen LogP contribution is -2.14. The van der Waals surface area contributed by atoms with Crippen molar-refractivity contribution in [2.24, 2.45) is 5.92 Å². The summed E-state index contributed by atoms with van der Waals surface area (Å²) in [5.74, 6) is 0.00906. The Kier molecular flexibility index (Phi) is 5.77. The molecule has 0 unspecified atom stereocenters. The van der Waals surface area contributed by atoms with E-state index in [1.165, 1.54) is 0 Å². The number of aromatic nitrogens is 3. The van der Waals surface area contributed by atoms with Crippen LogP contribution in [-0.2, 0) is 22.4 Å². The molecule has 1 aromatic rings. The second-order valence-electron chi connectivity index (χ2n) is 4.42. The van der Waals surface area contributed by atoms with E-state index in [0.717, 1.165) is 12.1 Å². The number of carbonyl (C=O) groups is 1. The van der Waals surface area contributed by atoms with E-state index in [4.69, 9.17) is 9.47 Å². The lowest BCUT2D eigenvalue weighted by molar-refractivity contribution is 0.0517. The van der Waals surface area contributed by atoms with Gasteiger partial charge in [0.2, 0.25) is 0 Å². The Labute approximate surface area is 107 Å². The second kappa shape index (κ2) is 7.10. The van der Waals surface area contributed by atoms with Crippen molar-refractivity contribution in [3.8, 4) is 0 Å². The molecule has 0 radical (unpaired) electrons. The number of hydrogen-bond donors (Lipinski definition) is 0. The van der Waals surface area contributed by atoms with Gasteiger partial charge >= 0.3 is 5.97 Å². The number of esters is 1. The number of carbonyl (C=O) groups excluding carboxylic acids is 1. The molecule has 0 saturated carbocycles. The van der Waals surface area contributed by atoms with Crippen LogP contribution >= 0.6 is 0 Å². The smallest absolute Gasteiger partial charge is 0.360 e. The molecular formula is C12H21N3O3. The maximum Gasteiger partial charge on any atom is 0.360 e. The van der Waals surface area contributed by atoms with Gasteiger partial charge in [-0.2, -0.15) is 0 Å². The van der Waals surface area contributed by atoms with Gasteiger partial charge in [-0.15, -0.1) is 5.10 Å². The molecule has 0 bridgehead atoms. The molecule has 0 saturated heterocycles. The molecule has 0 N–H and O–H groups in total. The topological polar surface area (TPSA) is 66.2 Å². The standard InChI is InChI=1S/C12H21N3O3/c1-5-18-12(16)11-10(8-9(2)3)15(14-13-11)6-7-17-4/h9H,5-8H2,1-4H3. The molecule has 0 aliphatic carbocycles. The van der Waals surface area contributed by atoms with Crippen LogP contribution in [-0.4, -0.2) is 41.3 Å². The Balaban J connectivity index is 2.94. The highest BCUT2D eigenvalue weighted by Gasteiger charge is 2.21. The zero-order valence-corrected chi connectivity index (χ0v) is 11.5. The van der Waals surface area contributed by atoms with Gasteiger partial charge in [-0.3, -0.25) is 0 Å². The van der Waals surface area contributed by atoms with Gasteiger partial charge in [-0.1, -0.05) is 19.1 Å². The molecule has 0 aliphatic heterocycles. The molecule has 102 valence electrons. The third-order valence-electron chi connectivity index (χ3n) is 2.42. The molecule has 0 spiro atoms. The fourth-order valence-corrected chi connectivity index (χ4v) is 1.64. The molecule has 0 amide bonds. The molecule has 1 aromatic heterocycles. The van der Waals surface area contributed by atoms with Crippen LogP contribution in [0.5, 0.6) is 0 Å². The van der Waals surface area contributed by atoms with Crippen molar-refractivity contribution in [1.29, 1.82) is 0 Å². The van der Waals surface area contributed by atoms with E-state index in [-0.39, 0.29) is 0 Å². The Morgan fingerprint density at radius 3 is 2.72 bits per heavy atom. The first-order chi connectivity index (χ1) is 8.60. The molecule has 1 rings (SSSR count). The maximum atomic E-state index is 11.8. The Morgan fingerprint density at radius 2 is 2.17 bits per heavy atom. The normalized spacial score (nSPS) is 10.9. The molecule has 0 atom stereocenters. The second-order valence-corrected chi connectivity index (χ2v) is 4.42. The van der Waals surface area contributed by atoms with E-state index in [2.05, 4.69) is 24.2 Å². The SMILES string of the molecule is CCOC(=O)c1nnn(CCOC)c1CC(C)C. The van der Waals surface area contributed by atoms with E-state index in [9.17, 15) is 4.79 Å². The zero-order valence-electron chi connectivity index (χ0n) is 11.5. The highest BCUT2D eigenvalue weighted by atomic mass is 16.5. The molecule has 0 aromatic carbocycles. The fraction of sp³-hybridized carbons (Fsp3) is 0.750. The van der Waals surface area contributed by atoms with Gasteiger partial charge in [0.05, 0.1) is 25.5 Å². The lowest BCUT2D eigenvalue weighted by atomic mass is 10.1. The van der Waals surface area contributed by atoms with Crippen molar-refractivity contribution in [3.05, 3.63) is 11.4 Å². The van der Waals surface area contributed by atoms with Crippen LogP contribution in [0.2, 0.25) is 0 Å². The highest BCUT2D eigenvalue weighted by molar-refractivity contribution is 5.88. The highest BCUT2D eigenvalue weighted by Crippen LogP contribution is 2.13. The quantitative estimate of drug-likeness (QED) is 0.687. The molecule has 18 heavy (non-hydrogen) atoms. The summed E-state index contributed by atoms with van der Waals surface area (Å²) in [6.07, 6.45) is 0.741.